The Bertz CT molecular complexity index is 3530. The van der Waals surface area contributed by atoms with Crippen molar-refractivity contribution in [1.82, 2.24) is 8.80 Å². The van der Waals surface area contributed by atoms with Gasteiger partial charge in [-0.3, -0.25) is 0 Å². The molecule has 0 atom stereocenters. The van der Waals surface area contributed by atoms with E-state index in [-0.39, 0.29) is 0 Å². The molecular weight excluding hydrogens is 653 g/mol. The second-order valence-electron chi connectivity index (χ2n) is 15.1. The average molecular weight is 681 g/mol. The highest BCUT2D eigenvalue weighted by Gasteiger charge is 2.29. The van der Waals surface area contributed by atoms with Crippen LogP contribution in [0.3, 0.4) is 0 Å². The topological polar surface area (TPSA) is 8.82 Å². The zero-order valence-corrected chi connectivity index (χ0v) is 29.1. The Morgan fingerprint density at radius 2 is 0.537 bits per heavy atom. The molecule has 0 radical (unpaired) electrons. The summed E-state index contributed by atoms with van der Waals surface area (Å²) in [4.78, 5) is 0. The first-order valence-electron chi connectivity index (χ1n) is 18.9. The lowest BCUT2D eigenvalue weighted by atomic mass is 9.79. The van der Waals surface area contributed by atoms with E-state index >= 15 is 0 Å². The summed E-state index contributed by atoms with van der Waals surface area (Å²) >= 11 is 0. The highest BCUT2D eigenvalue weighted by molar-refractivity contribution is 6.41. The molecule has 2 nitrogen and oxygen atoms in total. The smallest absolute Gasteiger partial charge is 0.0795 e. The molecule has 0 bridgehead atoms. The van der Waals surface area contributed by atoms with Crippen LogP contribution < -0.4 is 0 Å². The molecule has 246 valence electrons. The fraction of sp³-hybridized carbons (Fsp3) is 0. The van der Waals surface area contributed by atoms with Gasteiger partial charge in [-0.25, -0.2) is 0 Å². The van der Waals surface area contributed by atoms with Crippen molar-refractivity contribution < 1.29 is 0 Å². The Balaban J connectivity index is 1.32. The Kier molecular flexibility index (Phi) is 4.80. The van der Waals surface area contributed by atoms with Crippen molar-refractivity contribution in [2.75, 3.05) is 0 Å². The Morgan fingerprint density at radius 1 is 0.222 bits per heavy atom. The summed E-state index contributed by atoms with van der Waals surface area (Å²) in [5.74, 6) is 0. The third-order valence-electron chi connectivity index (χ3n) is 12.7. The van der Waals surface area contributed by atoms with E-state index in [0.29, 0.717) is 0 Å². The number of hydrogen-bond acceptors (Lipinski definition) is 0. The van der Waals surface area contributed by atoms with Gasteiger partial charge < -0.3 is 8.80 Å². The van der Waals surface area contributed by atoms with Gasteiger partial charge in [0.1, 0.15) is 0 Å². The molecule has 0 saturated heterocycles. The maximum absolute atomic E-state index is 2.59. The zero-order valence-electron chi connectivity index (χ0n) is 29.1. The molecule has 4 heterocycles. The largest absolute Gasteiger partial charge is 0.306 e. The SMILES string of the molecule is c1ccc2c(c1)-c1ccccc1-c1cc3c(cc1-c1ccccc1-2)c1c2cccc4c5ccccc5n(c42)c1c1c3c2cccc3c4ccccc4n1c32. The molecule has 0 saturated carbocycles. The molecule has 54 heavy (non-hydrogen) atoms. The quantitative estimate of drug-likeness (QED) is 0.151. The van der Waals surface area contributed by atoms with Crippen molar-refractivity contribution in [1.29, 1.82) is 0 Å². The Labute approximate surface area is 309 Å². The van der Waals surface area contributed by atoms with E-state index in [9.17, 15) is 0 Å². The summed E-state index contributed by atoms with van der Waals surface area (Å²) < 4.78 is 5.19. The third kappa shape index (κ3) is 3.06. The number of nitrogens with zero attached hydrogens (tertiary/aromatic N) is 2. The van der Waals surface area contributed by atoms with Crippen LogP contribution in [0.5, 0.6) is 0 Å². The molecule has 0 spiro atoms. The lowest BCUT2D eigenvalue weighted by Gasteiger charge is -2.24. The maximum Gasteiger partial charge on any atom is 0.0795 e. The van der Waals surface area contributed by atoms with Gasteiger partial charge in [-0.05, 0) is 79.5 Å². The highest BCUT2D eigenvalue weighted by atomic mass is 15.0. The van der Waals surface area contributed by atoms with Crippen molar-refractivity contribution in [3.05, 3.63) is 170 Å². The Hall–Kier alpha value is -7.16. The third-order valence-corrected chi connectivity index (χ3v) is 12.7. The average Bonchev–Trinajstić information content (AvgIpc) is 3.97. The van der Waals surface area contributed by atoms with Crippen LogP contribution in [0.25, 0.3) is 131 Å². The monoisotopic (exact) mass is 680 g/mol. The molecule has 9 aromatic carbocycles. The second kappa shape index (κ2) is 9.43. The summed E-state index contributed by atoms with van der Waals surface area (Å²) in [6.45, 7) is 0. The second-order valence-corrected chi connectivity index (χ2v) is 15.1. The van der Waals surface area contributed by atoms with Crippen LogP contribution in [0, 0.1) is 0 Å². The van der Waals surface area contributed by atoms with Crippen molar-refractivity contribution in [3.8, 4) is 44.5 Å². The predicted molar refractivity (Wildman–Crippen MR) is 229 cm³/mol. The summed E-state index contributed by atoms with van der Waals surface area (Å²) in [6.07, 6.45) is 0. The van der Waals surface area contributed by atoms with E-state index in [0.717, 1.165) is 0 Å². The van der Waals surface area contributed by atoms with Crippen LogP contribution >= 0.6 is 0 Å². The van der Waals surface area contributed by atoms with Gasteiger partial charge in [0.15, 0.2) is 0 Å². The van der Waals surface area contributed by atoms with Crippen LogP contribution in [0.1, 0.15) is 0 Å². The van der Waals surface area contributed by atoms with E-state index in [1.54, 1.807) is 0 Å². The molecule has 0 N–H and O–H groups in total. The van der Waals surface area contributed by atoms with Crippen LogP contribution in [0.2, 0.25) is 0 Å². The van der Waals surface area contributed by atoms with Gasteiger partial charge in [0.25, 0.3) is 0 Å². The number of fused-ring (bicyclic) bond motifs is 24. The van der Waals surface area contributed by atoms with Crippen LogP contribution in [0.4, 0.5) is 0 Å². The number of benzene rings is 9. The van der Waals surface area contributed by atoms with Crippen LogP contribution in [-0.2, 0) is 0 Å². The minimum absolute atomic E-state index is 1.26. The van der Waals surface area contributed by atoms with E-state index in [4.69, 9.17) is 0 Å². The van der Waals surface area contributed by atoms with E-state index in [2.05, 4.69) is 179 Å². The highest BCUT2D eigenvalue weighted by Crippen LogP contribution is 2.54. The molecule has 0 fully saturated rings. The molecule has 0 aliphatic heterocycles. The molecule has 4 aromatic heterocycles. The van der Waals surface area contributed by atoms with Crippen molar-refractivity contribution in [2.45, 2.75) is 0 Å². The van der Waals surface area contributed by atoms with Gasteiger partial charge in [0.05, 0.1) is 33.1 Å². The first-order chi connectivity index (χ1) is 26.8. The maximum atomic E-state index is 2.59. The standard InChI is InChI=1S/C52H28N2/c1-2-14-30-29(13-1)31-15-3-5-17-33(31)41-27-43-44(28-42(41)34-18-6-4-16-32(30)34)48-40-24-12-22-38-36-20-8-10-26-46(36)54(50(38)40)52(48)51-47(43)39-23-11-21-37-35-19-7-9-25-45(35)53(51)49(37)39/h1-28H. The minimum Gasteiger partial charge on any atom is -0.306 e. The molecule has 13 aromatic rings. The van der Waals surface area contributed by atoms with Gasteiger partial charge in [0.2, 0.25) is 0 Å². The predicted octanol–water partition coefficient (Wildman–Crippen LogP) is 14.1. The lowest BCUT2D eigenvalue weighted by molar-refractivity contribution is 1.33. The van der Waals surface area contributed by atoms with E-state index < -0.39 is 0 Å². The number of rotatable bonds is 0. The first kappa shape index (κ1) is 27.5. The molecule has 2 heteroatoms. The summed E-state index contributed by atoms with van der Waals surface area (Å²) in [5.41, 5.74) is 17.9. The molecule has 14 rings (SSSR count). The minimum atomic E-state index is 1.26. The molecule has 0 unspecified atom stereocenters. The van der Waals surface area contributed by atoms with Gasteiger partial charge in [-0.1, -0.05) is 146 Å². The van der Waals surface area contributed by atoms with Gasteiger partial charge >= 0.3 is 0 Å². The first-order valence-corrected chi connectivity index (χ1v) is 18.9. The van der Waals surface area contributed by atoms with Gasteiger partial charge in [0, 0.05) is 43.1 Å². The van der Waals surface area contributed by atoms with E-state index in [1.165, 1.54) is 131 Å². The molecule has 1 aliphatic rings. The molecule has 0 amide bonds. The molecular formula is C52H28N2. The normalized spacial score (nSPS) is 12.8. The van der Waals surface area contributed by atoms with Crippen molar-refractivity contribution >= 4 is 87.0 Å². The number of para-hydroxylation sites is 4. The van der Waals surface area contributed by atoms with Crippen LogP contribution in [0.15, 0.2) is 170 Å². The summed E-state index contributed by atoms with van der Waals surface area (Å²) in [5, 5.41) is 13.1. The fourth-order valence-electron chi connectivity index (χ4n) is 10.7. The van der Waals surface area contributed by atoms with Crippen molar-refractivity contribution in [2.24, 2.45) is 0 Å². The van der Waals surface area contributed by atoms with Crippen LogP contribution in [-0.4, -0.2) is 8.80 Å². The van der Waals surface area contributed by atoms with Crippen molar-refractivity contribution in [3.63, 3.8) is 0 Å². The zero-order chi connectivity index (χ0) is 34.8. The number of hydrogen-bond donors (Lipinski definition) is 0. The number of aromatic nitrogens is 2. The fourth-order valence-corrected chi connectivity index (χ4v) is 10.7. The summed E-state index contributed by atoms with van der Waals surface area (Å²) in [6, 6.07) is 63.9. The Morgan fingerprint density at radius 3 is 0.944 bits per heavy atom. The van der Waals surface area contributed by atoms with Gasteiger partial charge in [-0.2, -0.15) is 0 Å². The van der Waals surface area contributed by atoms with Gasteiger partial charge in [-0.15, -0.1) is 0 Å². The molecule has 1 aliphatic carbocycles. The summed E-state index contributed by atoms with van der Waals surface area (Å²) in [7, 11) is 0. The van der Waals surface area contributed by atoms with E-state index in [1.807, 2.05) is 0 Å². The lowest BCUT2D eigenvalue weighted by Crippen LogP contribution is -1.97.